The van der Waals surface area contributed by atoms with Crippen molar-refractivity contribution < 1.29 is 13.9 Å². The first-order valence-electron chi connectivity index (χ1n) is 13.1. The standard InChI is InChI=1S/C28H30FN7O2/c1-30-28(37)38-21-12-15-34(16-13-21)26-9-3-7-22(32-26)24-18-31-25-10-11-27(33-36(24)25)35-14-4-8-23(35)19-5-2-6-20(29)17-19/h2-3,5-7,9-11,17-18,21,23H,4,8,12-16H2,1H3,(H,30,37). The lowest BCUT2D eigenvalue weighted by Crippen LogP contribution is -2.39. The van der Waals surface area contributed by atoms with Crippen LogP contribution in [0.5, 0.6) is 0 Å². The summed E-state index contributed by atoms with van der Waals surface area (Å²) in [6.07, 6.45) is 4.80. The van der Waals surface area contributed by atoms with Crippen LogP contribution in [0.2, 0.25) is 0 Å². The number of imidazole rings is 1. The minimum Gasteiger partial charge on any atom is -0.446 e. The molecule has 0 bridgehead atoms. The number of anilines is 2. The van der Waals surface area contributed by atoms with Gasteiger partial charge in [0.2, 0.25) is 0 Å². The number of halogens is 1. The molecule has 2 fully saturated rings. The Bertz CT molecular complexity index is 1450. The maximum atomic E-state index is 13.9. The summed E-state index contributed by atoms with van der Waals surface area (Å²) in [5, 5.41) is 7.47. The number of amides is 1. The van der Waals surface area contributed by atoms with Gasteiger partial charge in [-0.3, -0.25) is 0 Å². The van der Waals surface area contributed by atoms with Gasteiger partial charge in [0.15, 0.2) is 5.65 Å². The van der Waals surface area contributed by atoms with Gasteiger partial charge in [-0.2, -0.15) is 0 Å². The Morgan fingerprint density at radius 3 is 2.68 bits per heavy atom. The van der Waals surface area contributed by atoms with E-state index in [2.05, 4.69) is 20.1 Å². The van der Waals surface area contributed by atoms with Gasteiger partial charge in [-0.05, 0) is 54.8 Å². The molecule has 1 aromatic carbocycles. The van der Waals surface area contributed by atoms with Crippen LogP contribution in [-0.2, 0) is 4.74 Å². The lowest BCUT2D eigenvalue weighted by atomic mass is 10.0. The second-order valence-corrected chi connectivity index (χ2v) is 9.73. The van der Waals surface area contributed by atoms with Crippen LogP contribution in [-0.4, -0.2) is 58.5 Å². The summed E-state index contributed by atoms with van der Waals surface area (Å²) < 4.78 is 21.2. The average Bonchev–Trinajstić information content (AvgIpc) is 3.61. The third-order valence-corrected chi connectivity index (χ3v) is 7.37. The lowest BCUT2D eigenvalue weighted by molar-refractivity contribution is 0.0848. The molecule has 0 radical (unpaired) electrons. The molecule has 1 unspecified atom stereocenters. The highest BCUT2D eigenvalue weighted by atomic mass is 19.1. The molecular weight excluding hydrogens is 485 g/mol. The van der Waals surface area contributed by atoms with Crippen LogP contribution >= 0.6 is 0 Å². The van der Waals surface area contributed by atoms with Gasteiger partial charge in [0.25, 0.3) is 0 Å². The molecule has 2 aliphatic heterocycles. The van der Waals surface area contributed by atoms with Crippen LogP contribution in [0.3, 0.4) is 0 Å². The number of hydrogen-bond donors (Lipinski definition) is 1. The van der Waals surface area contributed by atoms with Crippen LogP contribution < -0.4 is 15.1 Å². The number of carbonyl (C=O) groups excluding carboxylic acids is 1. The zero-order valence-corrected chi connectivity index (χ0v) is 21.3. The molecule has 196 valence electrons. The molecule has 10 heteroatoms. The SMILES string of the molecule is CNC(=O)OC1CCN(c2cccc(-c3cnc4ccc(N5CCCC5c5cccc(F)c5)nn34)n2)CC1. The van der Waals surface area contributed by atoms with E-state index in [1.54, 1.807) is 25.4 Å². The van der Waals surface area contributed by atoms with E-state index in [-0.39, 0.29) is 24.1 Å². The monoisotopic (exact) mass is 515 g/mol. The van der Waals surface area contributed by atoms with Crippen molar-refractivity contribution in [3.05, 3.63) is 72.2 Å². The molecule has 1 atom stereocenters. The number of alkyl carbamates (subject to hydrolysis) is 1. The van der Waals surface area contributed by atoms with E-state index in [1.807, 2.05) is 40.9 Å². The van der Waals surface area contributed by atoms with Crippen molar-refractivity contribution in [2.75, 3.05) is 36.5 Å². The van der Waals surface area contributed by atoms with Crippen LogP contribution in [0, 0.1) is 5.82 Å². The van der Waals surface area contributed by atoms with Crippen molar-refractivity contribution in [3.8, 4) is 11.4 Å². The Kier molecular flexibility index (Phi) is 6.53. The Balaban J connectivity index is 1.25. The molecular formula is C28H30FN7O2. The molecule has 5 heterocycles. The number of hydrogen-bond acceptors (Lipinski definition) is 7. The summed E-state index contributed by atoms with van der Waals surface area (Å²) in [5.41, 5.74) is 3.30. The van der Waals surface area contributed by atoms with E-state index >= 15 is 0 Å². The second-order valence-electron chi connectivity index (χ2n) is 9.73. The van der Waals surface area contributed by atoms with Crippen LogP contribution in [0.4, 0.5) is 20.8 Å². The van der Waals surface area contributed by atoms with E-state index in [9.17, 15) is 9.18 Å². The molecule has 6 rings (SSSR count). The molecule has 9 nitrogen and oxygen atoms in total. The summed E-state index contributed by atoms with van der Waals surface area (Å²) >= 11 is 0. The first-order chi connectivity index (χ1) is 18.6. The molecule has 1 N–H and O–H groups in total. The summed E-state index contributed by atoms with van der Waals surface area (Å²) in [6.45, 7) is 2.37. The van der Waals surface area contributed by atoms with E-state index < -0.39 is 0 Å². The minimum absolute atomic E-state index is 0.0828. The van der Waals surface area contributed by atoms with Gasteiger partial charge in [0.1, 0.15) is 29.3 Å². The van der Waals surface area contributed by atoms with E-state index in [0.717, 1.165) is 79.6 Å². The number of pyridine rings is 1. The Morgan fingerprint density at radius 1 is 1.03 bits per heavy atom. The number of benzene rings is 1. The molecule has 38 heavy (non-hydrogen) atoms. The second kappa shape index (κ2) is 10.3. The molecule has 4 aromatic rings. The third-order valence-electron chi connectivity index (χ3n) is 7.37. The van der Waals surface area contributed by atoms with Crippen molar-refractivity contribution in [2.24, 2.45) is 0 Å². The van der Waals surface area contributed by atoms with Crippen molar-refractivity contribution in [3.63, 3.8) is 0 Å². The number of nitrogens with zero attached hydrogens (tertiary/aromatic N) is 6. The fraction of sp³-hybridized carbons (Fsp3) is 0.357. The topological polar surface area (TPSA) is 87.9 Å². The summed E-state index contributed by atoms with van der Waals surface area (Å²) in [6, 6.07) is 16.8. The van der Waals surface area contributed by atoms with E-state index in [0.29, 0.717) is 0 Å². The van der Waals surface area contributed by atoms with Crippen molar-refractivity contribution >= 4 is 23.4 Å². The van der Waals surface area contributed by atoms with Gasteiger partial charge in [-0.15, -0.1) is 5.10 Å². The van der Waals surface area contributed by atoms with Gasteiger partial charge >= 0.3 is 6.09 Å². The van der Waals surface area contributed by atoms with Crippen molar-refractivity contribution in [1.29, 1.82) is 0 Å². The van der Waals surface area contributed by atoms with Crippen molar-refractivity contribution in [1.82, 2.24) is 24.9 Å². The van der Waals surface area contributed by atoms with E-state index in [1.165, 1.54) is 6.07 Å². The summed E-state index contributed by atoms with van der Waals surface area (Å²) in [7, 11) is 1.57. The maximum absolute atomic E-state index is 13.9. The van der Waals surface area contributed by atoms with Crippen LogP contribution in [0.1, 0.15) is 37.3 Å². The number of fused-ring (bicyclic) bond motifs is 1. The zero-order chi connectivity index (χ0) is 26.1. The minimum atomic E-state index is -0.390. The molecule has 2 aliphatic rings. The fourth-order valence-electron chi connectivity index (χ4n) is 5.45. The summed E-state index contributed by atoms with van der Waals surface area (Å²) in [5.74, 6) is 1.49. The Morgan fingerprint density at radius 2 is 1.87 bits per heavy atom. The fourth-order valence-corrected chi connectivity index (χ4v) is 5.45. The molecule has 0 spiro atoms. The molecule has 0 aliphatic carbocycles. The number of carbonyl (C=O) groups is 1. The Labute approximate surface area is 220 Å². The highest BCUT2D eigenvalue weighted by Gasteiger charge is 2.28. The quantitative estimate of drug-likeness (QED) is 0.416. The van der Waals surface area contributed by atoms with E-state index in [4.69, 9.17) is 14.8 Å². The van der Waals surface area contributed by atoms with Crippen molar-refractivity contribution in [2.45, 2.75) is 37.8 Å². The molecule has 3 aromatic heterocycles. The average molecular weight is 516 g/mol. The normalized spacial score (nSPS) is 18.2. The predicted octanol–water partition coefficient (Wildman–Crippen LogP) is 4.60. The largest absolute Gasteiger partial charge is 0.446 e. The Hall–Kier alpha value is -4.21. The van der Waals surface area contributed by atoms with Gasteiger partial charge in [0, 0.05) is 39.5 Å². The van der Waals surface area contributed by atoms with Gasteiger partial charge in [0.05, 0.1) is 17.9 Å². The first-order valence-corrected chi connectivity index (χ1v) is 13.1. The predicted molar refractivity (Wildman–Crippen MR) is 143 cm³/mol. The first kappa shape index (κ1) is 24.1. The maximum Gasteiger partial charge on any atom is 0.407 e. The molecule has 1 amide bonds. The highest BCUT2D eigenvalue weighted by molar-refractivity contribution is 5.67. The van der Waals surface area contributed by atoms with Gasteiger partial charge in [-0.1, -0.05) is 18.2 Å². The smallest absolute Gasteiger partial charge is 0.407 e. The number of rotatable bonds is 5. The van der Waals surface area contributed by atoms with Crippen LogP contribution in [0.15, 0.2) is 60.8 Å². The number of aromatic nitrogens is 4. The third kappa shape index (κ3) is 4.73. The number of nitrogens with one attached hydrogen (secondary N) is 1. The highest BCUT2D eigenvalue weighted by Crippen LogP contribution is 2.36. The lowest BCUT2D eigenvalue weighted by Gasteiger charge is -2.32. The molecule has 0 saturated carbocycles. The summed E-state index contributed by atoms with van der Waals surface area (Å²) in [4.78, 5) is 25.5. The number of ether oxygens (including phenoxy) is 1. The number of piperidine rings is 1. The zero-order valence-electron chi connectivity index (χ0n) is 21.3. The van der Waals surface area contributed by atoms with Gasteiger partial charge in [-0.25, -0.2) is 23.7 Å². The molecule has 2 saturated heterocycles. The van der Waals surface area contributed by atoms with Crippen LogP contribution in [0.25, 0.3) is 17.0 Å². The van der Waals surface area contributed by atoms with Gasteiger partial charge < -0.3 is 19.9 Å².